The lowest BCUT2D eigenvalue weighted by atomic mass is 9.86. The predicted octanol–water partition coefficient (Wildman–Crippen LogP) is 2.26. The van der Waals surface area contributed by atoms with Gasteiger partial charge in [0.2, 0.25) is 5.91 Å². The smallest absolute Gasteiger partial charge is 0.317 e. The first-order valence-electron chi connectivity index (χ1n) is 8.21. The van der Waals surface area contributed by atoms with Gasteiger partial charge in [-0.15, -0.1) is 0 Å². The summed E-state index contributed by atoms with van der Waals surface area (Å²) in [6, 6.07) is 0.0501. The molecule has 5 heteroatoms. The molecule has 1 aliphatic rings. The molecule has 0 aliphatic heterocycles. The van der Waals surface area contributed by atoms with Crippen LogP contribution in [-0.2, 0) is 9.59 Å². The highest BCUT2D eigenvalue weighted by atomic mass is 16.4. The zero-order valence-electron chi connectivity index (χ0n) is 13.4. The van der Waals surface area contributed by atoms with Crippen LogP contribution in [0.2, 0.25) is 0 Å². The molecule has 1 saturated carbocycles. The molecule has 0 aromatic carbocycles. The summed E-state index contributed by atoms with van der Waals surface area (Å²) in [6.45, 7) is 4.58. The molecule has 5 nitrogen and oxygen atoms in total. The Hall–Kier alpha value is -1.10. The lowest BCUT2D eigenvalue weighted by molar-refractivity contribution is -0.139. The van der Waals surface area contributed by atoms with Crippen molar-refractivity contribution in [1.82, 2.24) is 10.2 Å². The molecule has 0 heterocycles. The third kappa shape index (κ3) is 8.05. The molecule has 2 N–H and O–H groups in total. The second-order valence-corrected chi connectivity index (χ2v) is 6.39. The van der Waals surface area contributed by atoms with Crippen molar-refractivity contribution in [3.05, 3.63) is 0 Å². The van der Waals surface area contributed by atoms with Crippen molar-refractivity contribution >= 4 is 11.9 Å². The van der Waals surface area contributed by atoms with Gasteiger partial charge in [0.15, 0.2) is 0 Å². The molecule has 1 rings (SSSR count). The van der Waals surface area contributed by atoms with Gasteiger partial charge in [-0.1, -0.05) is 32.1 Å². The highest BCUT2D eigenvalue weighted by Gasteiger charge is 2.17. The highest BCUT2D eigenvalue weighted by Crippen LogP contribution is 2.26. The number of carbonyl (C=O) groups is 2. The Kier molecular flexibility index (Phi) is 8.35. The third-order valence-corrected chi connectivity index (χ3v) is 4.25. The minimum absolute atomic E-state index is 0.0501. The molecule has 0 bridgehead atoms. The van der Waals surface area contributed by atoms with E-state index in [1.165, 1.54) is 38.5 Å². The highest BCUT2D eigenvalue weighted by molar-refractivity contribution is 5.79. The first-order valence-corrected chi connectivity index (χ1v) is 8.21. The van der Waals surface area contributed by atoms with Gasteiger partial charge >= 0.3 is 5.97 Å². The minimum atomic E-state index is -0.895. The lowest BCUT2D eigenvalue weighted by Crippen LogP contribution is -2.43. The number of carbonyl (C=O) groups excluding carboxylic acids is 1. The molecule has 1 aliphatic carbocycles. The van der Waals surface area contributed by atoms with Gasteiger partial charge in [0.25, 0.3) is 0 Å². The summed E-state index contributed by atoms with van der Waals surface area (Å²) in [4.78, 5) is 24.3. The van der Waals surface area contributed by atoms with Gasteiger partial charge in [-0.3, -0.25) is 14.5 Å². The number of carboxylic acid groups (broad SMARTS) is 1. The summed E-state index contributed by atoms with van der Waals surface area (Å²) in [5.41, 5.74) is 0. The number of nitrogens with one attached hydrogen (secondary N) is 1. The summed E-state index contributed by atoms with van der Waals surface area (Å²) < 4.78 is 0. The number of carboxylic acids is 1. The number of amides is 1. The van der Waals surface area contributed by atoms with Crippen molar-refractivity contribution in [3.8, 4) is 0 Å². The second-order valence-electron chi connectivity index (χ2n) is 6.39. The molecule has 21 heavy (non-hydrogen) atoms. The van der Waals surface area contributed by atoms with Crippen LogP contribution >= 0.6 is 0 Å². The summed E-state index contributed by atoms with van der Waals surface area (Å²) in [5, 5.41) is 11.7. The van der Waals surface area contributed by atoms with Crippen molar-refractivity contribution in [2.24, 2.45) is 5.92 Å². The SMILES string of the molecule is CC(C)N(CC(=O)O)CC(=O)NCCCC1CCCCC1. The molecular weight excluding hydrogens is 268 g/mol. The van der Waals surface area contributed by atoms with Crippen LogP contribution in [0.25, 0.3) is 0 Å². The van der Waals surface area contributed by atoms with Crippen LogP contribution in [-0.4, -0.2) is 47.6 Å². The summed E-state index contributed by atoms with van der Waals surface area (Å²) in [6.07, 6.45) is 8.99. The van der Waals surface area contributed by atoms with E-state index in [2.05, 4.69) is 5.32 Å². The van der Waals surface area contributed by atoms with Gasteiger partial charge in [-0.05, 0) is 32.6 Å². The van der Waals surface area contributed by atoms with Gasteiger partial charge in [-0.25, -0.2) is 0 Å². The topological polar surface area (TPSA) is 69.6 Å². The van der Waals surface area contributed by atoms with Crippen molar-refractivity contribution in [2.75, 3.05) is 19.6 Å². The standard InChI is InChI=1S/C16H30N2O3/c1-13(2)18(12-16(20)21)11-15(19)17-10-6-9-14-7-4-3-5-8-14/h13-14H,3-12H2,1-2H3,(H,17,19)(H,20,21). The third-order valence-electron chi connectivity index (χ3n) is 4.25. The molecule has 0 saturated heterocycles. The maximum Gasteiger partial charge on any atom is 0.317 e. The Morgan fingerprint density at radius 3 is 2.43 bits per heavy atom. The fourth-order valence-corrected chi connectivity index (χ4v) is 2.93. The summed E-state index contributed by atoms with van der Waals surface area (Å²) in [5.74, 6) is -0.128. The number of nitrogens with zero attached hydrogens (tertiary/aromatic N) is 1. The summed E-state index contributed by atoms with van der Waals surface area (Å²) >= 11 is 0. The van der Waals surface area contributed by atoms with E-state index in [0.29, 0.717) is 6.54 Å². The van der Waals surface area contributed by atoms with Gasteiger partial charge in [0, 0.05) is 12.6 Å². The average molecular weight is 298 g/mol. The van der Waals surface area contributed by atoms with Gasteiger partial charge in [0.05, 0.1) is 13.1 Å². The molecule has 0 aromatic heterocycles. The molecule has 1 amide bonds. The Balaban J connectivity index is 2.15. The zero-order chi connectivity index (χ0) is 15.7. The fourth-order valence-electron chi connectivity index (χ4n) is 2.93. The molecule has 0 radical (unpaired) electrons. The van der Waals surface area contributed by atoms with E-state index in [9.17, 15) is 9.59 Å². The Morgan fingerprint density at radius 1 is 1.19 bits per heavy atom. The fraction of sp³-hybridized carbons (Fsp3) is 0.875. The quantitative estimate of drug-likeness (QED) is 0.641. The maximum atomic E-state index is 11.8. The van der Waals surface area contributed by atoms with Crippen LogP contribution in [0.15, 0.2) is 0 Å². The maximum absolute atomic E-state index is 11.8. The van der Waals surface area contributed by atoms with Crippen molar-refractivity contribution < 1.29 is 14.7 Å². The average Bonchev–Trinajstić information content (AvgIpc) is 2.43. The lowest BCUT2D eigenvalue weighted by Gasteiger charge is -2.24. The van der Waals surface area contributed by atoms with Crippen LogP contribution < -0.4 is 5.32 Å². The molecule has 1 fully saturated rings. The Morgan fingerprint density at radius 2 is 1.86 bits per heavy atom. The van der Waals surface area contributed by atoms with E-state index in [1.54, 1.807) is 4.90 Å². The first-order chi connectivity index (χ1) is 9.99. The molecule has 0 atom stereocenters. The van der Waals surface area contributed by atoms with Crippen molar-refractivity contribution in [3.63, 3.8) is 0 Å². The van der Waals surface area contributed by atoms with E-state index >= 15 is 0 Å². The molecule has 122 valence electrons. The van der Waals surface area contributed by atoms with E-state index in [1.807, 2.05) is 13.8 Å². The number of hydrogen-bond donors (Lipinski definition) is 2. The number of aliphatic carboxylic acids is 1. The van der Waals surface area contributed by atoms with Crippen molar-refractivity contribution in [1.29, 1.82) is 0 Å². The Bertz CT molecular complexity index is 325. The largest absolute Gasteiger partial charge is 0.480 e. The van der Waals surface area contributed by atoms with Gasteiger partial charge in [-0.2, -0.15) is 0 Å². The van der Waals surface area contributed by atoms with E-state index in [0.717, 1.165) is 12.3 Å². The van der Waals surface area contributed by atoms with E-state index in [4.69, 9.17) is 5.11 Å². The molecule has 0 unspecified atom stereocenters. The van der Waals surface area contributed by atoms with Crippen molar-refractivity contribution in [2.45, 2.75) is 64.8 Å². The normalized spacial score (nSPS) is 16.4. The van der Waals surface area contributed by atoms with Gasteiger partial charge in [0.1, 0.15) is 0 Å². The first kappa shape index (κ1) is 18.0. The Labute approximate surface area is 128 Å². The van der Waals surface area contributed by atoms with Crippen LogP contribution in [0, 0.1) is 5.92 Å². The molecule has 0 aromatic rings. The zero-order valence-corrected chi connectivity index (χ0v) is 13.4. The number of hydrogen-bond acceptors (Lipinski definition) is 3. The number of rotatable bonds is 9. The van der Waals surface area contributed by atoms with Gasteiger partial charge < -0.3 is 10.4 Å². The van der Waals surface area contributed by atoms with E-state index in [-0.39, 0.29) is 25.0 Å². The molecular formula is C16H30N2O3. The summed E-state index contributed by atoms with van der Waals surface area (Å²) in [7, 11) is 0. The van der Waals surface area contributed by atoms with Crippen LogP contribution in [0.5, 0.6) is 0 Å². The minimum Gasteiger partial charge on any atom is -0.480 e. The van der Waals surface area contributed by atoms with Crippen LogP contribution in [0.3, 0.4) is 0 Å². The second kappa shape index (κ2) is 9.77. The molecule has 0 spiro atoms. The van der Waals surface area contributed by atoms with E-state index < -0.39 is 5.97 Å². The predicted molar refractivity (Wildman–Crippen MR) is 83.2 cm³/mol. The monoisotopic (exact) mass is 298 g/mol. The van der Waals surface area contributed by atoms with Crippen LogP contribution in [0.4, 0.5) is 0 Å². The van der Waals surface area contributed by atoms with Crippen LogP contribution in [0.1, 0.15) is 58.8 Å².